The maximum absolute atomic E-state index is 13.6. The van der Waals surface area contributed by atoms with E-state index in [-0.39, 0.29) is 0 Å². The predicted octanol–water partition coefficient (Wildman–Crippen LogP) is 2.79. The number of alkyl halides is 2. The topological polar surface area (TPSA) is 26.0 Å². The van der Waals surface area contributed by atoms with Crippen LogP contribution in [0.5, 0.6) is 0 Å². The smallest absolute Gasteiger partial charge is 0.293 e. The Bertz CT molecular complexity index is 368. The number of nitrogens with two attached hydrogens (primary N) is 1. The van der Waals surface area contributed by atoms with Crippen molar-refractivity contribution in [3.05, 3.63) is 35.4 Å². The average Bonchev–Trinajstić information content (AvgIpc) is 2.00. The lowest BCUT2D eigenvalue weighted by molar-refractivity contribution is -0.0701. The summed E-state index contributed by atoms with van der Waals surface area (Å²) >= 11 is 0. The molecule has 0 aromatic heterocycles. The first kappa shape index (κ1) is 12.0. The van der Waals surface area contributed by atoms with Gasteiger partial charge in [0.1, 0.15) is 11.6 Å². The molecule has 5 heteroatoms. The molecular weight excluding hydrogens is 210 g/mol. The van der Waals surface area contributed by atoms with Gasteiger partial charge < -0.3 is 5.73 Å². The number of halogens is 4. The molecule has 0 bridgehead atoms. The Hall–Kier alpha value is -1.10. The Labute approximate surface area is 84.9 Å². The van der Waals surface area contributed by atoms with Crippen LogP contribution in [0.25, 0.3) is 0 Å². The monoisotopic (exact) mass is 221 g/mol. The minimum atomic E-state index is -3.55. The molecule has 2 N–H and O–H groups in total. The van der Waals surface area contributed by atoms with E-state index in [9.17, 15) is 17.6 Å². The molecule has 0 radical (unpaired) electrons. The summed E-state index contributed by atoms with van der Waals surface area (Å²) in [5.74, 6) is -5.74. The van der Waals surface area contributed by atoms with E-state index in [1.807, 2.05) is 0 Å². The molecule has 1 aromatic carbocycles. The molecule has 1 nitrogen and oxygen atoms in total. The zero-order valence-electron chi connectivity index (χ0n) is 8.32. The first-order valence-electron chi connectivity index (χ1n) is 4.28. The second-order valence-electron chi connectivity index (χ2n) is 3.92. The van der Waals surface area contributed by atoms with E-state index in [4.69, 9.17) is 5.73 Å². The lowest BCUT2D eigenvalue weighted by Gasteiger charge is -2.30. The second-order valence-corrected chi connectivity index (χ2v) is 3.92. The number of hydrogen-bond acceptors (Lipinski definition) is 1. The molecule has 0 saturated heterocycles. The fourth-order valence-corrected chi connectivity index (χ4v) is 1.09. The van der Waals surface area contributed by atoms with Crippen LogP contribution in [-0.2, 0) is 5.92 Å². The van der Waals surface area contributed by atoms with Crippen LogP contribution in [0.3, 0.4) is 0 Å². The van der Waals surface area contributed by atoms with E-state index < -0.39 is 28.7 Å². The van der Waals surface area contributed by atoms with Gasteiger partial charge >= 0.3 is 0 Å². The van der Waals surface area contributed by atoms with Crippen molar-refractivity contribution >= 4 is 0 Å². The molecule has 0 aliphatic carbocycles. The quantitative estimate of drug-likeness (QED) is 0.763. The molecule has 0 heterocycles. The van der Waals surface area contributed by atoms with Crippen molar-refractivity contribution in [1.29, 1.82) is 0 Å². The van der Waals surface area contributed by atoms with E-state index in [1.54, 1.807) is 0 Å². The third-order valence-electron chi connectivity index (χ3n) is 2.08. The summed E-state index contributed by atoms with van der Waals surface area (Å²) < 4.78 is 52.8. The minimum absolute atomic E-state index is 0.412. The van der Waals surface area contributed by atoms with Gasteiger partial charge in [0.2, 0.25) is 0 Å². The SMILES string of the molecule is CC(C)(N)C(F)(F)c1ccc(F)cc1F. The molecule has 0 saturated carbocycles. The normalized spacial score (nSPS) is 13.0. The van der Waals surface area contributed by atoms with Crippen molar-refractivity contribution in [2.24, 2.45) is 5.73 Å². The Balaban J connectivity index is 3.28. The Morgan fingerprint density at radius 2 is 1.67 bits per heavy atom. The van der Waals surface area contributed by atoms with E-state index in [1.165, 1.54) is 0 Å². The van der Waals surface area contributed by atoms with Gasteiger partial charge in [-0.1, -0.05) is 0 Å². The van der Waals surface area contributed by atoms with Gasteiger partial charge in [-0.05, 0) is 26.0 Å². The number of hydrogen-bond donors (Lipinski definition) is 1. The van der Waals surface area contributed by atoms with Crippen LogP contribution in [0.1, 0.15) is 19.4 Å². The maximum Gasteiger partial charge on any atom is 0.293 e. The molecule has 0 amide bonds. The average molecular weight is 221 g/mol. The summed E-state index contributed by atoms with van der Waals surface area (Å²) in [6.45, 7) is 2.16. The molecule has 84 valence electrons. The summed E-state index contributed by atoms with van der Waals surface area (Å²) in [5.41, 5.74) is 2.44. The summed E-state index contributed by atoms with van der Waals surface area (Å²) in [4.78, 5) is 0. The highest BCUT2D eigenvalue weighted by atomic mass is 19.3. The van der Waals surface area contributed by atoms with Crippen LogP contribution in [-0.4, -0.2) is 5.54 Å². The van der Waals surface area contributed by atoms with Gasteiger partial charge in [-0.15, -0.1) is 0 Å². The third kappa shape index (κ3) is 2.12. The van der Waals surface area contributed by atoms with E-state index in [2.05, 4.69) is 0 Å². The Kier molecular flexibility index (Phi) is 2.78. The fraction of sp³-hybridized carbons (Fsp3) is 0.400. The van der Waals surface area contributed by atoms with Gasteiger partial charge in [0.05, 0.1) is 11.1 Å². The van der Waals surface area contributed by atoms with E-state index >= 15 is 0 Å². The molecule has 15 heavy (non-hydrogen) atoms. The van der Waals surface area contributed by atoms with Crippen LogP contribution >= 0.6 is 0 Å². The molecule has 0 fully saturated rings. The third-order valence-corrected chi connectivity index (χ3v) is 2.08. The summed E-state index contributed by atoms with van der Waals surface area (Å²) in [7, 11) is 0. The number of rotatable bonds is 2. The molecular formula is C10H11F4N. The van der Waals surface area contributed by atoms with E-state index in [0.29, 0.717) is 12.1 Å². The first-order chi connectivity index (χ1) is 6.66. The van der Waals surface area contributed by atoms with Crippen LogP contribution in [0.4, 0.5) is 17.6 Å². The van der Waals surface area contributed by atoms with Gasteiger partial charge in [0.15, 0.2) is 0 Å². The van der Waals surface area contributed by atoms with E-state index in [0.717, 1.165) is 19.9 Å². The van der Waals surface area contributed by atoms with Gasteiger partial charge in [-0.25, -0.2) is 8.78 Å². The zero-order valence-corrected chi connectivity index (χ0v) is 8.32. The summed E-state index contributed by atoms with van der Waals surface area (Å²) in [5, 5.41) is 0. The highest BCUT2D eigenvalue weighted by molar-refractivity contribution is 5.26. The van der Waals surface area contributed by atoms with Crippen molar-refractivity contribution in [2.75, 3.05) is 0 Å². The van der Waals surface area contributed by atoms with Crippen LogP contribution in [0.2, 0.25) is 0 Å². The lowest BCUT2D eigenvalue weighted by atomic mass is 9.91. The van der Waals surface area contributed by atoms with Crippen molar-refractivity contribution in [2.45, 2.75) is 25.3 Å². The Morgan fingerprint density at radius 1 is 1.13 bits per heavy atom. The fourth-order valence-electron chi connectivity index (χ4n) is 1.09. The molecule has 0 spiro atoms. The highest BCUT2D eigenvalue weighted by Crippen LogP contribution is 2.38. The first-order valence-corrected chi connectivity index (χ1v) is 4.28. The minimum Gasteiger partial charge on any atom is -0.320 e. The second kappa shape index (κ2) is 3.48. The molecule has 0 aliphatic heterocycles. The van der Waals surface area contributed by atoms with Crippen LogP contribution in [0, 0.1) is 11.6 Å². The lowest BCUT2D eigenvalue weighted by Crippen LogP contribution is -2.48. The van der Waals surface area contributed by atoms with Crippen LogP contribution < -0.4 is 5.73 Å². The predicted molar refractivity (Wildman–Crippen MR) is 48.5 cm³/mol. The molecule has 0 aliphatic rings. The zero-order chi connectivity index (χ0) is 11.9. The molecule has 0 unspecified atom stereocenters. The van der Waals surface area contributed by atoms with Gasteiger partial charge in [0, 0.05) is 6.07 Å². The standard InChI is InChI=1S/C10H11F4N/c1-9(2,15)10(13,14)7-4-3-6(11)5-8(7)12/h3-5H,15H2,1-2H3. The maximum atomic E-state index is 13.6. The van der Waals surface area contributed by atoms with Crippen molar-refractivity contribution in [1.82, 2.24) is 0 Å². The summed E-state index contributed by atoms with van der Waals surface area (Å²) in [6.07, 6.45) is 0. The Morgan fingerprint density at radius 3 is 2.07 bits per heavy atom. The van der Waals surface area contributed by atoms with Gasteiger partial charge in [-0.2, -0.15) is 8.78 Å². The van der Waals surface area contributed by atoms with Gasteiger partial charge in [-0.3, -0.25) is 0 Å². The van der Waals surface area contributed by atoms with Crippen molar-refractivity contribution in [3.63, 3.8) is 0 Å². The molecule has 1 aromatic rings. The molecule has 1 rings (SSSR count). The molecule has 0 atom stereocenters. The van der Waals surface area contributed by atoms with Gasteiger partial charge in [0.25, 0.3) is 5.92 Å². The van der Waals surface area contributed by atoms with Crippen molar-refractivity contribution in [3.8, 4) is 0 Å². The van der Waals surface area contributed by atoms with Crippen molar-refractivity contribution < 1.29 is 17.6 Å². The number of benzene rings is 1. The summed E-state index contributed by atoms with van der Waals surface area (Å²) in [6, 6.07) is 1.90. The largest absolute Gasteiger partial charge is 0.320 e. The van der Waals surface area contributed by atoms with Crippen LogP contribution in [0.15, 0.2) is 18.2 Å². The highest BCUT2D eigenvalue weighted by Gasteiger charge is 2.47.